The Labute approximate surface area is 197 Å². The van der Waals surface area contributed by atoms with Gasteiger partial charge in [0, 0.05) is 40.7 Å². The summed E-state index contributed by atoms with van der Waals surface area (Å²) in [7, 11) is 4.46. The number of carbonyl (C=O) groups is 1. The molecule has 1 fully saturated rings. The van der Waals surface area contributed by atoms with Crippen molar-refractivity contribution in [1.29, 1.82) is 0 Å². The number of amides is 1. The maximum atomic E-state index is 10.8. The molecule has 0 aromatic carbocycles. The lowest BCUT2D eigenvalue weighted by atomic mass is 10.2. The minimum absolute atomic E-state index is 0.0140. The Kier molecular flexibility index (Phi) is 15.8. The van der Waals surface area contributed by atoms with Crippen molar-refractivity contribution in [2.75, 3.05) is 47.4 Å². The fraction of sp³-hybridized carbons (Fsp3) is 0.522. The third-order valence-corrected chi connectivity index (χ3v) is 4.98. The van der Waals surface area contributed by atoms with Gasteiger partial charge in [-0.25, -0.2) is 0 Å². The van der Waals surface area contributed by atoms with Gasteiger partial charge in [-0.05, 0) is 63.7 Å². The summed E-state index contributed by atoms with van der Waals surface area (Å²) in [6.07, 6.45) is 12.0. The molecule has 2 heterocycles. The molecule has 0 spiro atoms. The number of nitro groups is 1. The second-order valence-electron chi connectivity index (χ2n) is 7.05. The van der Waals surface area contributed by atoms with E-state index in [4.69, 9.17) is 9.84 Å². The number of ether oxygens (including phenoxy) is 1. The highest BCUT2D eigenvalue weighted by Gasteiger charge is 2.12. The molecule has 0 atom stereocenters. The van der Waals surface area contributed by atoms with Crippen molar-refractivity contribution in [3.63, 3.8) is 0 Å². The molecule has 33 heavy (non-hydrogen) atoms. The van der Waals surface area contributed by atoms with Crippen LogP contribution in [0.5, 0.6) is 0 Å². The second kappa shape index (κ2) is 17.4. The van der Waals surface area contributed by atoms with E-state index in [1.807, 2.05) is 18.0 Å². The number of likely N-dealkylation sites (tertiary alicyclic amines) is 1. The third kappa shape index (κ3) is 11.4. The van der Waals surface area contributed by atoms with E-state index in [1.165, 1.54) is 39.4 Å². The quantitative estimate of drug-likeness (QED) is 0.156. The number of nitrogens with zero attached hydrogens (tertiary/aromatic N) is 3. The van der Waals surface area contributed by atoms with E-state index >= 15 is 0 Å². The summed E-state index contributed by atoms with van der Waals surface area (Å²) < 4.78 is 5.76. The lowest BCUT2D eigenvalue weighted by molar-refractivity contribution is -0.425. The molecule has 2 rings (SSSR count). The molecule has 186 valence electrons. The van der Waals surface area contributed by atoms with Crippen molar-refractivity contribution < 1.29 is 19.6 Å². The Hall–Kier alpha value is -3.11. The fourth-order valence-electron chi connectivity index (χ4n) is 2.99. The van der Waals surface area contributed by atoms with E-state index in [-0.39, 0.29) is 5.70 Å². The molecule has 2 aliphatic heterocycles. The van der Waals surface area contributed by atoms with Gasteiger partial charge in [0.1, 0.15) is 23.0 Å². The normalized spacial score (nSPS) is 16.9. The molecular weight excluding hydrogens is 426 g/mol. The lowest BCUT2D eigenvalue weighted by Crippen LogP contribution is -2.30. The molecule has 0 aromatic rings. The molecule has 10 nitrogen and oxygen atoms in total. The van der Waals surface area contributed by atoms with E-state index < -0.39 is 4.92 Å². The zero-order valence-electron chi connectivity index (χ0n) is 20.6. The van der Waals surface area contributed by atoms with E-state index in [0.717, 1.165) is 7.11 Å². The number of aliphatic hydroxyl groups excluding tert-OH is 1. The number of rotatable bonds is 9. The van der Waals surface area contributed by atoms with Gasteiger partial charge in [-0.1, -0.05) is 6.92 Å². The van der Waals surface area contributed by atoms with Crippen LogP contribution in [0.1, 0.15) is 33.6 Å². The molecule has 2 aliphatic rings. The number of aliphatic hydroxyl groups is 1. The first-order valence-electron chi connectivity index (χ1n) is 10.9. The standard InChI is InChI=1S/C16H22N4O4.C6H13N.CH4O/c1-5-13(6-7-15(17-3)12(2)20(22)23)24-14-8-9-19(4)16(10-14)18-11-21;1-2-7-5-3-4-6-7;1-2/h5-8,10-11,17H,9H2,1-4H3,(H,18,21);2-6H2,1H3;2H,1H3/b7-6-,13-5+,15-12-;;. The first kappa shape index (κ1) is 29.9. The van der Waals surface area contributed by atoms with Gasteiger partial charge >= 0.3 is 0 Å². The number of carbonyl (C=O) groups excluding carboxylic acids is 1. The number of allylic oxidation sites excluding steroid dienone is 5. The van der Waals surface area contributed by atoms with Crippen molar-refractivity contribution in [1.82, 2.24) is 20.4 Å². The summed E-state index contributed by atoms with van der Waals surface area (Å²) in [5.41, 5.74) is 0.402. The van der Waals surface area contributed by atoms with Crippen molar-refractivity contribution in [2.24, 2.45) is 0 Å². The highest BCUT2D eigenvalue weighted by molar-refractivity contribution is 5.50. The monoisotopic (exact) mass is 465 g/mol. The van der Waals surface area contributed by atoms with Gasteiger partial charge in [-0.3, -0.25) is 14.9 Å². The van der Waals surface area contributed by atoms with E-state index in [9.17, 15) is 14.9 Å². The van der Waals surface area contributed by atoms with Gasteiger partial charge in [0.25, 0.3) is 5.70 Å². The second-order valence-corrected chi connectivity index (χ2v) is 7.05. The molecule has 0 bridgehead atoms. The topological polar surface area (TPSA) is 120 Å². The van der Waals surface area contributed by atoms with Crippen molar-refractivity contribution in [2.45, 2.75) is 33.6 Å². The molecular formula is C23H39N5O5. The van der Waals surface area contributed by atoms with Crippen LogP contribution in [-0.2, 0) is 9.53 Å². The predicted octanol–water partition coefficient (Wildman–Crippen LogP) is 2.32. The average molecular weight is 466 g/mol. The van der Waals surface area contributed by atoms with Crippen LogP contribution in [0.2, 0.25) is 0 Å². The van der Waals surface area contributed by atoms with Crippen LogP contribution >= 0.6 is 0 Å². The van der Waals surface area contributed by atoms with Crippen LogP contribution in [0.4, 0.5) is 0 Å². The zero-order chi connectivity index (χ0) is 25.2. The van der Waals surface area contributed by atoms with Crippen LogP contribution in [-0.4, -0.2) is 73.6 Å². The van der Waals surface area contributed by atoms with Crippen LogP contribution in [0.15, 0.2) is 59.1 Å². The number of nitrogens with one attached hydrogen (secondary N) is 2. The molecule has 1 saturated heterocycles. The molecule has 1 amide bonds. The smallest absolute Gasteiger partial charge is 0.266 e. The van der Waals surface area contributed by atoms with Crippen LogP contribution in [0.25, 0.3) is 0 Å². The minimum Gasteiger partial charge on any atom is -0.458 e. The number of hydrogen-bond donors (Lipinski definition) is 3. The largest absolute Gasteiger partial charge is 0.458 e. The van der Waals surface area contributed by atoms with Gasteiger partial charge in [0.05, 0.1) is 4.92 Å². The van der Waals surface area contributed by atoms with E-state index in [0.29, 0.717) is 36.0 Å². The lowest BCUT2D eigenvalue weighted by Gasteiger charge is -2.24. The first-order valence-corrected chi connectivity index (χ1v) is 10.9. The minimum atomic E-state index is -0.452. The molecule has 0 aromatic heterocycles. The Balaban J connectivity index is 0.000000950. The fourth-order valence-corrected chi connectivity index (χ4v) is 2.99. The number of likely N-dealkylation sites (N-methyl/N-ethyl adjacent to an activating group) is 2. The zero-order valence-corrected chi connectivity index (χ0v) is 20.6. The molecule has 3 N–H and O–H groups in total. The van der Waals surface area contributed by atoms with Crippen molar-refractivity contribution >= 4 is 6.41 Å². The highest BCUT2D eigenvalue weighted by Crippen LogP contribution is 2.17. The SMILES string of the molecule is CCN1CCCC1.CO.C\C=C(/C=C\C(NC)=C(/C)[N+](=O)[O-])OC1=CCN(C)C(NC=O)=C1. The predicted molar refractivity (Wildman–Crippen MR) is 130 cm³/mol. The van der Waals surface area contributed by atoms with Gasteiger partial charge < -0.3 is 30.3 Å². The maximum absolute atomic E-state index is 10.8. The Morgan fingerprint density at radius 2 is 1.94 bits per heavy atom. The molecule has 10 heteroatoms. The van der Waals surface area contributed by atoms with Gasteiger partial charge in [0.15, 0.2) is 0 Å². The number of hydrogen-bond acceptors (Lipinski definition) is 8. The molecule has 0 aliphatic carbocycles. The van der Waals surface area contributed by atoms with Crippen molar-refractivity contribution in [3.05, 3.63) is 69.2 Å². The summed E-state index contributed by atoms with van der Waals surface area (Å²) >= 11 is 0. The van der Waals surface area contributed by atoms with Gasteiger partial charge in [-0.15, -0.1) is 0 Å². The van der Waals surface area contributed by atoms with E-state index in [2.05, 4.69) is 22.5 Å². The Morgan fingerprint density at radius 1 is 1.30 bits per heavy atom. The van der Waals surface area contributed by atoms with Crippen LogP contribution in [0.3, 0.4) is 0 Å². The summed E-state index contributed by atoms with van der Waals surface area (Å²) in [5, 5.41) is 23.2. The Morgan fingerprint density at radius 3 is 2.39 bits per heavy atom. The van der Waals surface area contributed by atoms with E-state index in [1.54, 1.807) is 38.3 Å². The van der Waals surface area contributed by atoms with Gasteiger partial charge in [-0.2, -0.15) is 0 Å². The summed E-state index contributed by atoms with van der Waals surface area (Å²) in [6, 6.07) is 0. The first-order chi connectivity index (χ1) is 15.9. The van der Waals surface area contributed by atoms with Crippen molar-refractivity contribution in [3.8, 4) is 0 Å². The third-order valence-electron chi connectivity index (χ3n) is 4.98. The molecule has 0 radical (unpaired) electrons. The van der Waals surface area contributed by atoms with Crippen LogP contribution < -0.4 is 10.6 Å². The average Bonchev–Trinajstić information content (AvgIpc) is 3.36. The highest BCUT2D eigenvalue weighted by atomic mass is 16.6. The summed E-state index contributed by atoms with van der Waals surface area (Å²) in [4.78, 5) is 25.3. The summed E-state index contributed by atoms with van der Waals surface area (Å²) in [5.74, 6) is 1.73. The Bertz CT molecular complexity index is 765. The summed E-state index contributed by atoms with van der Waals surface area (Å²) in [6.45, 7) is 9.97. The van der Waals surface area contributed by atoms with Gasteiger partial charge in [0.2, 0.25) is 6.41 Å². The van der Waals surface area contributed by atoms with Crippen LogP contribution in [0, 0.1) is 10.1 Å². The molecule has 0 saturated carbocycles. The molecule has 0 unspecified atom stereocenters. The maximum Gasteiger partial charge on any atom is 0.266 e.